The van der Waals surface area contributed by atoms with Crippen LogP contribution in [0.25, 0.3) is 0 Å². The Labute approximate surface area is 202 Å². The molecule has 0 saturated carbocycles. The van der Waals surface area contributed by atoms with Gasteiger partial charge >= 0.3 is 0 Å². The molecule has 0 amide bonds. The zero-order valence-electron chi connectivity index (χ0n) is 18.0. The summed E-state index contributed by atoms with van der Waals surface area (Å²) < 4.78 is 2.20. The van der Waals surface area contributed by atoms with Gasteiger partial charge in [0.1, 0.15) is 5.82 Å². The predicted octanol–water partition coefficient (Wildman–Crippen LogP) is 4.07. The molecule has 0 bridgehead atoms. The third kappa shape index (κ3) is 8.07. The van der Waals surface area contributed by atoms with Crippen LogP contribution in [0.2, 0.25) is 5.02 Å². The van der Waals surface area contributed by atoms with Crippen molar-refractivity contribution < 1.29 is 0 Å². The standard InChI is InChI=1S/C22H33ClN6.HI/c1-18-25-12-16-29(18)13-4-3-11-26-22(24-2)27-21-9-14-28(15-10-21)17-19-5-7-20(23)8-6-19;/h5-8,12,16,21H,3-4,9-11,13-15,17H2,1-2H3,(H2,24,26,27);1H. The lowest BCUT2D eigenvalue weighted by atomic mass is 10.0. The maximum absolute atomic E-state index is 5.98. The summed E-state index contributed by atoms with van der Waals surface area (Å²) in [6, 6.07) is 8.66. The molecule has 0 aliphatic carbocycles. The first-order valence-electron chi connectivity index (χ1n) is 10.6. The molecule has 1 fully saturated rings. The quantitative estimate of drug-likeness (QED) is 0.228. The van der Waals surface area contributed by atoms with E-state index in [1.54, 1.807) is 0 Å². The van der Waals surface area contributed by atoms with E-state index >= 15 is 0 Å². The van der Waals surface area contributed by atoms with E-state index in [2.05, 4.69) is 42.2 Å². The number of halogens is 2. The van der Waals surface area contributed by atoms with Gasteiger partial charge in [0.2, 0.25) is 0 Å². The van der Waals surface area contributed by atoms with E-state index in [1.165, 1.54) is 5.56 Å². The second-order valence-corrected chi connectivity index (χ2v) is 8.13. The zero-order chi connectivity index (χ0) is 20.5. The molecular formula is C22H34ClIN6. The van der Waals surface area contributed by atoms with Crippen molar-refractivity contribution in [3.8, 4) is 0 Å². The van der Waals surface area contributed by atoms with Crippen molar-refractivity contribution in [3.05, 3.63) is 53.1 Å². The third-order valence-corrected chi connectivity index (χ3v) is 5.77. The highest BCUT2D eigenvalue weighted by Gasteiger charge is 2.20. The van der Waals surface area contributed by atoms with Gasteiger partial charge in [-0.05, 0) is 50.3 Å². The Balaban J connectivity index is 0.00000320. The fourth-order valence-electron chi connectivity index (χ4n) is 3.73. The lowest BCUT2D eigenvalue weighted by Gasteiger charge is -2.33. The second-order valence-electron chi connectivity index (χ2n) is 7.70. The van der Waals surface area contributed by atoms with E-state index < -0.39 is 0 Å². The number of benzene rings is 1. The molecule has 1 aromatic heterocycles. The van der Waals surface area contributed by atoms with E-state index in [0.717, 1.165) is 75.2 Å². The van der Waals surface area contributed by atoms with Crippen molar-refractivity contribution in [2.45, 2.75) is 51.7 Å². The van der Waals surface area contributed by atoms with Gasteiger partial charge in [0, 0.05) is 63.2 Å². The number of piperidine rings is 1. The predicted molar refractivity (Wildman–Crippen MR) is 136 cm³/mol. The number of aryl methyl sites for hydroxylation is 2. The number of guanidine groups is 1. The van der Waals surface area contributed by atoms with Crippen LogP contribution in [0.3, 0.4) is 0 Å². The molecule has 1 aromatic carbocycles. The van der Waals surface area contributed by atoms with Crippen LogP contribution in [0.4, 0.5) is 0 Å². The molecule has 0 radical (unpaired) electrons. The number of hydrogen-bond acceptors (Lipinski definition) is 3. The van der Waals surface area contributed by atoms with Crippen LogP contribution < -0.4 is 10.6 Å². The molecule has 3 rings (SSSR count). The molecule has 1 saturated heterocycles. The first kappa shape index (κ1) is 24.9. The number of nitrogens with one attached hydrogen (secondary N) is 2. The molecule has 0 spiro atoms. The molecule has 1 aliphatic rings. The number of unbranched alkanes of at least 4 members (excludes halogenated alkanes) is 1. The van der Waals surface area contributed by atoms with Crippen LogP contribution in [0.15, 0.2) is 41.7 Å². The summed E-state index contributed by atoms with van der Waals surface area (Å²) in [5.74, 6) is 2.00. The highest BCUT2D eigenvalue weighted by atomic mass is 127. The van der Waals surface area contributed by atoms with Gasteiger partial charge in [-0.3, -0.25) is 9.89 Å². The first-order valence-corrected chi connectivity index (χ1v) is 10.9. The summed E-state index contributed by atoms with van der Waals surface area (Å²) in [5, 5.41) is 7.84. The maximum Gasteiger partial charge on any atom is 0.191 e. The number of likely N-dealkylation sites (tertiary alicyclic amines) is 1. The minimum atomic E-state index is 0. The largest absolute Gasteiger partial charge is 0.356 e. The summed E-state index contributed by atoms with van der Waals surface area (Å²) in [5.41, 5.74) is 1.32. The smallest absolute Gasteiger partial charge is 0.191 e. The summed E-state index contributed by atoms with van der Waals surface area (Å²) in [7, 11) is 1.85. The van der Waals surface area contributed by atoms with Crippen molar-refractivity contribution in [1.82, 2.24) is 25.1 Å². The molecule has 166 valence electrons. The summed E-state index contributed by atoms with van der Waals surface area (Å²) in [6.07, 6.45) is 8.41. The Morgan fingerprint density at radius 2 is 1.93 bits per heavy atom. The lowest BCUT2D eigenvalue weighted by Crippen LogP contribution is -2.48. The number of aromatic nitrogens is 2. The summed E-state index contributed by atoms with van der Waals surface area (Å²) in [6.45, 7) is 7.19. The number of rotatable bonds is 8. The van der Waals surface area contributed by atoms with Gasteiger partial charge in [0.05, 0.1) is 0 Å². The highest BCUT2D eigenvalue weighted by molar-refractivity contribution is 14.0. The van der Waals surface area contributed by atoms with E-state index in [9.17, 15) is 0 Å². The number of imidazole rings is 1. The van der Waals surface area contributed by atoms with Crippen molar-refractivity contribution in [1.29, 1.82) is 0 Å². The van der Waals surface area contributed by atoms with Gasteiger partial charge in [-0.25, -0.2) is 4.98 Å². The number of aliphatic imine (C=N–C) groups is 1. The Morgan fingerprint density at radius 3 is 2.57 bits per heavy atom. The Kier molecular flexibility index (Phi) is 11.0. The molecule has 0 unspecified atom stereocenters. The van der Waals surface area contributed by atoms with Crippen LogP contribution in [0.5, 0.6) is 0 Å². The molecule has 8 heteroatoms. The first-order chi connectivity index (χ1) is 14.1. The lowest BCUT2D eigenvalue weighted by molar-refractivity contribution is 0.198. The minimum Gasteiger partial charge on any atom is -0.356 e. The van der Waals surface area contributed by atoms with Crippen molar-refractivity contribution in [2.75, 3.05) is 26.7 Å². The summed E-state index contributed by atoms with van der Waals surface area (Å²) >= 11 is 5.98. The minimum absolute atomic E-state index is 0. The van der Waals surface area contributed by atoms with Crippen molar-refractivity contribution >= 4 is 41.5 Å². The molecule has 1 aliphatic heterocycles. The van der Waals surface area contributed by atoms with Crippen LogP contribution in [-0.4, -0.2) is 53.1 Å². The topological polar surface area (TPSA) is 57.5 Å². The molecule has 2 N–H and O–H groups in total. The molecule has 30 heavy (non-hydrogen) atoms. The van der Waals surface area contributed by atoms with E-state index in [1.807, 2.05) is 38.5 Å². The maximum atomic E-state index is 5.98. The van der Waals surface area contributed by atoms with Crippen molar-refractivity contribution in [2.24, 2.45) is 4.99 Å². The average molecular weight is 545 g/mol. The van der Waals surface area contributed by atoms with Gasteiger partial charge in [0.15, 0.2) is 5.96 Å². The SMILES string of the molecule is CN=C(NCCCCn1ccnc1C)NC1CCN(Cc2ccc(Cl)cc2)CC1.I. The van der Waals surface area contributed by atoms with Crippen LogP contribution in [0, 0.1) is 6.92 Å². The average Bonchev–Trinajstić information content (AvgIpc) is 3.14. The van der Waals surface area contributed by atoms with Crippen LogP contribution in [0.1, 0.15) is 37.1 Å². The molecule has 2 aromatic rings. The molecule has 2 heterocycles. The highest BCUT2D eigenvalue weighted by Crippen LogP contribution is 2.16. The van der Waals surface area contributed by atoms with Gasteiger partial charge in [-0.2, -0.15) is 0 Å². The summed E-state index contributed by atoms with van der Waals surface area (Å²) in [4.78, 5) is 11.2. The van der Waals surface area contributed by atoms with Gasteiger partial charge in [-0.15, -0.1) is 24.0 Å². The molecule has 0 atom stereocenters. The van der Waals surface area contributed by atoms with Gasteiger partial charge in [-0.1, -0.05) is 23.7 Å². The van der Waals surface area contributed by atoms with Crippen molar-refractivity contribution in [3.63, 3.8) is 0 Å². The third-order valence-electron chi connectivity index (χ3n) is 5.51. The van der Waals surface area contributed by atoms with E-state index in [4.69, 9.17) is 11.6 Å². The molecule has 6 nitrogen and oxygen atoms in total. The second kappa shape index (κ2) is 13.2. The van der Waals surface area contributed by atoms with E-state index in [-0.39, 0.29) is 24.0 Å². The number of nitrogens with zero attached hydrogens (tertiary/aromatic N) is 4. The zero-order valence-corrected chi connectivity index (χ0v) is 21.1. The fourth-order valence-corrected chi connectivity index (χ4v) is 3.85. The normalized spacial score (nSPS) is 15.6. The monoisotopic (exact) mass is 544 g/mol. The fraction of sp³-hybridized carbons (Fsp3) is 0.545. The van der Waals surface area contributed by atoms with Crippen LogP contribution >= 0.6 is 35.6 Å². The molecular weight excluding hydrogens is 511 g/mol. The number of hydrogen-bond donors (Lipinski definition) is 2. The van der Waals surface area contributed by atoms with Crippen LogP contribution in [-0.2, 0) is 13.1 Å². The Morgan fingerprint density at radius 1 is 1.20 bits per heavy atom. The van der Waals surface area contributed by atoms with Gasteiger partial charge < -0.3 is 15.2 Å². The Hall–Kier alpha value is -1.32. The van der Waals surface area contributed by atoms with E-state index in [0.29, 0.717) is 6.04 Å². The van der Waals surface area contributed by atoms with Gasteiger partial charge in [0.25, 0.3) is 0 Å². The Bertz CT molecular complexity index is 768.